The Bertz CT molecular complexity index is 586. The van der Waals surface area contributed by atoms with Crippen LogP contribution in [-0.4, -0.2) is 5.11 Å². The summed E-state index contributed by atoms with van der Waals surface area (Å²) in [6.45, 7) is 16.9. The van der Waals surface area contributed by atoms with Gasteiger partial charge in [0.05, 0.1) is 0 Å². The molecule has 0 aliphatic carbocycles. The monoisotopic (exact) mass is 458 g/mol. The molecule has 33 heavy (non-hydrogen) atoms. The Morgan fingerprint density at radius 3 is 1.48 bits per heavy atom. The highest BCUT2D eigenvalue weighted by molar-refractivity contribution is 5.25. The van der Waals surface area contributed by atoms with E-state index in [9.17, 15) is 5.11 Å². The first kappa shape index (κ1) is 30.1. The molecule has 0 amide bonds. The smallest absolute Gasteiger partial charge is 0.115 e. The number of hydrogen-bond acceptors (Lipinski definition) is 1. The molecule has 0 aliphatic heterocycles. The molecule has 0 aliphatic rings. The van der Waals surface area contributed by atoms with Crippen LogP contribution in [-0.2, 0) is 6.42 Å². The van der Waals surface area contributed by atoms with Crippen LogP contribution in [0.15, 0.2) is 24.3 Å². The fraction of sp³-hybridized carbons (Fsp3) is 0.812. The van der Waals surface area contributed by atoms with Crippen molar-refractivity contribution < 1.29 is 5.11 Å². The number of aromatic hydroxyl groups is 1. The lowest BCUT2D eigenvalue weighted by Gasteiger charge is -2.39. The van der Waals surface area contributed by atoms with E-state index in [1.165, 1.54) is 95.5 Å². The van der Waals surface area contributed by atoms with Gasteiger partial charge in [-0.3, -0.25) is 0 Å². The van der Waals surface area contributed by atoms with Crippen molar-refractivity contribution in [2.24, 2.45) is 22.7 Å². The van der Waals surface area contributed by atoms with Gasteiger partial charge < -0.3 is 5.11 Å². The Balaban J connectivity index is 2.43. The van der Waals surface area contributed by atoms with E-state index in [1.54, 1.807) is 0 Å². The van der Waals surface area contributed by atoms with E-state index in [0.717, 1.165) is 18.3 Å². The molecule has 0 fully saturated rings. The second-order valence-electron chi connectivity index (χ2n) is 12.9. The van der Waals surface area contributed by atoms with Gasteiger partial charge in [0.25, 0.3) is 0 Å². The summed E-state index contributed by atoms with van der Waals surface area (Å²) in [6.07, 6.45) is 20.7. The van der Waals surface area contributed by atoms with Gasteiger partial charge in [0, 0.05) is 0 Å². The number of rotatable bonds is 17. The standard InChI is InChI=1S/C32H58O/c1-8-9-10-11-12-13-14-15-16-17-18-19-28(31(2,3)4)26-29(32(5,6)7)23-20-27-21-24-30(33)25-22-27/h21-22,24-25,28-29,33H,8-20,23,26H2,1-7H3. The first-order chi connectivity index (χ1) is 15.5. The molecule has 1 aromatic rings. The average molecular weight is 459 g/mol. The highest BCUT2D eigenvalue weighted by Crippen LogP contribution is 2.42. The van der Waals surface area contributed by atoms with Crippen molar-refractivity contribution in [1.29, 1.82) is 0 Å². The highest BCUT2D eigenvalue weighted by atomic mass is 16.3. The molecular formula is C32H58O. The van der Waals surface area contributed by atoms with Crippen LogP contribution < -0.4 is 0 Å². The number of benzene rings is 1. The van der Waals surface area contributed by atoms with Gasteiger partial charge in [-0.2, -0.15) is 0 Å². The minimum atomic E-state index is 0.331. The lowest BCUT2D eigenvalue weighted by atomic mass is 9.66. The van der Waals surface area contributed by atoms with Crippen LogP contribution in [0, 0.1) is 22.7 Å². The molecule has 1 aromatic carbocycles. The van der Waals surface area contributed by atoms with E-state index >= 15 is 0 Å². The van der Waals surface area contributed by atoms with E-state index in [1.807, 2.05) is 12.1 Å². The minimum absolute atomic E-state index is 0.331. The van der Waals surface area contributed by atoms with Crippen molar-refractivity contribution in [3.05, 3.63) is 29.8 Å². The number of phenols is 1. The first-order valence-electron chi connectivity index (χ1n) is 14.3. The molecule has 0 spiro atoms. The minimum Gasteiger partial charge on any atom is -0.508 e. The Morgan fingerprint density at radius 2 is 1.03 bits per heavy atom. The van der Waals surface area contributed by atoms with Gasteiger partial charge in [-0.25, -0.2) is 0 Å². The van der Waals surface area contributed by atoms with Gasteiger partial charge >= 0.3 is 0 Å². The van der Waals surface area contributed by atoms with Crippen molar-refractivity contribution in [1.82, 2.24) is 0 Å². The summed E-state index contributed by atoms with van der Waals surface area (Å²) in [5.41, 5.74) is 2.05. The number of aryl methyl sites for hydroxylation is 1. The zero-order valence-corrected chi connectivity index (χ0v) is 23.5. The molecule has 1 heteroatoms. The third kappa shape index (κ3) is 14.1. The van der Waals surface area contributed by atoms with E-state index in [2.05, 4.69) is 60.6 Å². The summed E-state index contributed by atoms with van der Waals surface area (Å²) in [4.78, 5) is 0. The van der Waals surface area contributed by atoms with Gasteiger partial charge in [-0.15, -0.1) is 0 Å². The maximum Gasteiger partial charge on any atom is 0.115 e. The molecule has 0 bridgehead atoms. The highest BCUT2D eigenvalue weighted by Gasteiger charge is 2.32. The molecule has 1 rings (SSSR count). The molecular weight excluding hydrogens is 400 g/mol. The Kier molecular flexibility index (Phi) is 14.4. The van der Waals surface area contributed by atoms with Crippen LogP contribution in [0.5, 0.6) is 5.75 Å². The van der Waals surface area contributed by atoms with Gasteiger partial charge in [0.1, 0.15) is 5.75 Å². The summed E-state index contributed by atoms with van der Waals surface area (Å²) in [7, 11) is 0. The van der Waals surface area contributed by atoms with Crippen LogP contribution in [0.3, 0.4) is 0 Å². The topological polar surface area (TPSA) is 20.2 Å². The zero-order valence-electron chi connectivity index (χ0n) is 23.5. The lowest BCUT2D eigenvalue weighted by molar-refractivity contribution is 0.118. The quantitative estimate of drug-likeness (QED) is 0.230. The summed E-state index contributed by atoms with van der Waals surface area (Å²) in [6, 6.07) is 7.82. The molecule has 0 radical (unpaired) electrons. The maximum absolute atomic E-state index is 9.57. The second kappa shape index (κ2) is 15.8. The molecule has 0 saturated carbocycles. The average Bonchev–Trinajstić information content (AvgIpc) is 2.73. The lowest BCUT2D eigenvalue weighted by Crippen LogP contribution is -2.29. The summed E-state index contributed by atoms with van der Waals surface area (Å²) >= 11 is 0. The van der Waals surface area contributed by atoms with Crippen molar-refractivity contribution in [3.63, 3.8) is 0 Å². The molecule has 0 saturated heterocycles. The van der Waals surface area contributed by atoms with E-state index < -0.39 is 0 Å². The van der Waals surface area contributed by atoms with Gasteiger partial charge in [0.15, 0.2) is 0 Å². The largest absolute Gasteiger partial charge is 0.508 e. The summed E-state index contributed by atoms with van der Waals surface area (Å²) in [5.74, 6) is 1.88. The summed E-state index contributed by atoms with van der Waals surface area (Å²) < 4.78 is 0. The Labute approximate surface area is 208 Å². The van der Waals surface area contributed by atoms with Crippen molar-refractivity contribution in [2.75, 3.05) is 0 Å². The van der Waals surface area contributed by atoms with Crippen LogP contribution in [0.2, 0.25) is 0 Å². The third-order valence-electron chi connectivity index (χ3n) is 7.89. The van der Waals surface area contributed by atoms with Crippen molar-refractivity contribution >= 4 is 0 Å². The van der Waals surface area contributed by atoms with E-state index in [0.29, 0.717) is 16.6 Å². The fourth-order valence-corrected chi connectivity index (χ4v) is 5.21. The molecule has 0 aromatic heterocycles. The second-order valence-corrected chi connectivity index (χ2v) is 12.9. The van der Waals surface area contributed by atoms with Gasteiger partial charge in [0.2, 0.25) is 0 Å². The molecule has 1 nitrogen and oxygen atoms in total. The van der Waals surface area contributed by atoms with Gasteiger partial charge in [-0.1, -0.05) is 131 Å². The molecule has 1 N–H and O–H groups in total. The predicted molar refractivity (Wildman–Crippen MR) is 148 cm³/mol. The molecule has 192 valence electrons. The van der Waals surface area contributed by atoms with E-state index in [4.69, 9.17) is 0 Å². The predicted octanol–water partition coefficient (Wildman–Crippen LogP) is 10.7. The summed E-state index contributed by atoms with van der Waals surface area (Å²) in [5, 5.41) is 9.57. The van der Waals surface area contributed by atoms with Crippen LogP contribution in [0.25, 0.3) is 0 Å². The van der Waals surface area contributed by atoms with Crippen LogP contribution >= 0.6 is 0 Å². The molecule has 2 unspecified atom stereocenters. The van der Waals surface area contributed by atoms with Crippen LogP contribution in [0.4, 0.5) is 0 Å². The molecule has 0 heterocycles. The van der Waals surface area contributed by atoms with E-state index in [-0.39, 0.29) is 0 Å². The number of hydrogen-bond donors (Lipinski definition) is 1. The Hall–Kier alpha value is -0.980. The SMILES string of the molecule is CCCCCCCCCCCCCC(CC(CCc1ccc(O)cc1)C(C)(C)C)C(C)(C)C. The van der Waals surface area contributed by atoms with Gasteiger partial charge in [-0.05, 0) is 66.0 Å². The maximum atomic E-state index is 9.57. The first-order valence-corrected chi connectivity index (χ1v) is 14.3. The third-order valence-corrected chi connectivity index (χ3v) is 7.89. The normalized spacial score (nSPS) is 14.4. The number of phenolic OH excluding ortho intramolecular Hbond substituents is 1. The van der Waals surface area contributed by atoms with Crippen LogP contribution in [0.1, 0.15) is 144 Å². The van der Waals surface area contributed by atoms with Crippen molar-refractivity contribution in [3.8, 4) is 5.75 Å². The van der Waals surface area contributed by atoms with Crippen molar-refractivity contribution in [2.45, 2.75) is 145 Å². The Morgan fingerprint density at radius 1 is 0.606 bits per heavy atom. The number of unbranched alkanes of at least 4 members (excludes halogenated alkanes) is 10. The molecule has 2 atom stereocenters. The fourth-order valence-electron chi connectivity index (χ4n) is 5.21. The zero-order chi connectivity index (χ0) is 24.7.